The van der Waals surface area contributed by atoms with Gasteiger partial charge in [0.15, 0.2) is 23.3 Å². The number of halogens is 5. The van der Waals surface area contributed by atoms with E-state index < -0.39 is 34.8 Å². The van der Waals surface area contributed by atoms with Crippen LogP contribution in [0.25, 0.3) is 0 Å². The molecule has 0 fully saturated rings. The number of nitrogens with zero attached hydrogens (tertiary/aromatic N) is 1. The van der Waals surface area contributed by atoms with Crippen molar-refractivity contribution in [2.75, 3.05) is 11.9 Å². The zero-order valence-corrected chi connectivity index (χ0v) is 11.0. The number of hydrogen-bond acceptors (Lipinski definition) is 3. The van der Waals surface area contributed by atoms with Gasteiger partial charge in [-0.2, -0.15) is 0 Å². The molecule has 8 heteroatoms. The standard InChI is InChI=1S/C12H9F5N2S/c1-5(12-18-2-3-20-12)4-19-11-9(16)7(14)6(13)8(15)10(11)17/h2-3,5,19H,4H2,1H3. The Morgan fingerprint density at radius 3 is 2.10 bits per heavy atom. The van der Waals surface area contributed by atoms with E-state index in [0.29, 0.717) is 5.01 Å². The highest BCUT2D eigenvalue weighted by atomic mass is 32.1. The Morgan fingerprint density at radius 2 is 1.60 bits per heavy atom. The molecule has 2 nitrogen and oxygen atoms in total. The molecule has 0 amide bonds. The highest BCUT2D eigenvalue weighted by molar-refractivity contribution is 7.09. The minimum atomic E-state index is -2.17. The summed E-state index contributed by atoms with van der Waals surface area (Å²) in [4.78, 5) is 4.01. The fraction of sp³-hybridized carbons (Fsp3) is 0.250. The van der Waals surface area contributed by atoms with Crippen LogP contribution in [0.1, 0.15) is 17.8 Å². The molecule has 0 bridgehead atoms. The van der Waals surface area contributed by atoms with Crippen molar-refractivity contribution in [3.8, 4) is 0 Å². The summed E-state index contributed by atoms with van der Waals surface area (Å²) in [7, 11) is 0. The maximum absolute atomic E-state index is 13.4. The normalized spacial score (nSPS) is 12.5. The molecule has 0 aliphatic carbocycles. The van der Waals surface area contributed by atoms with Gasteiger partial charge in [-0.05, 0) is 0 Å². The van der Waals surface area contributed by atoms with E-state index in [-0.39, 0.29) is 12.5 Å². The molecular weight excluding hydrogens is 299 g/mol. The number of aromatic nitrogens is 1. The summed E-state index contributed by atoms with van der Waals surface area (Å²) < 4.78 is 65.6. The van der Waals surface area contributed by atoms with Crippen LogP contribution < -0.4 is 5.32 Å². The van der Waals surface area contributed by atoms with Crippen LogP contribution in [0.5, 0.6) is 0 Å². The number of benzene rings is 1. The van der Waals surface area contributed by atoms with Crippen LogP contribution in [0, 0.1) is 29.1 Å². The minimum Gasteiger partial charge on any atom is -0.379 e. The van der Waals surface area contributed by atoms with Gasteiger partial charge in [0.2, 0.25) is 5.82 Å². The van der Waals surface area contributed by atoms with Gasteiger partial charge in [-0.1, -0.05) is 6.92 Å². The molecule has 0 saturated heterocycles. The molecular formula is C12H9F5N2S. The van der Waals surface area contributed by atoms with Gasteiger partial charge in [-0.25, -0.2) is 26.9 Å². The summed E-state index contributed by atoms with van der Waals surface area (Å²) >= 11 is 1.34. The first kappa shape index (κ1) is 14.7. The van der Waals surface area contributed by atoms with Crippen molar-refractivity contribution in [3.05, 3.63) is 45.7 Å². The lowest BCUT2D eigenvalue weighted by Crippen LogP contribution is -2.14. The number of rotatable bonds is 4. The first-order valence-electron chi connectivity index (χ1n) is 5.58. The third-order valence-corrected chi connectivity index (χ3v) is 3.67. The van der Waals surface area contributed by atoms with E-state index in [1.54, 1.807) is 18.5 Å². The van der Waals surface area contributed by atoms with Crippen LogP contribution in [0.2, 0.25) is 0 Å². The largest absolute Gasteiger partial charge is 0.379 e. The fourth-order valence-electron chi connectivity index (χ4n) is 1.58. The van der Waals surface area contributed by atoms with Gasteiger partial charge < -0.3 is 5.32 Å². The second-order valence-corrected chi connectivity index (χ2v) is 5.02. The highest BCUT2D eigenvalue weighted by Gasteiger charge is 2.26. The fourth-order valence-corrected chi connectivity index (χ4v) is 2.28. The lowest BCUT2D eigenvalue weighted by atomic mass is 10.2. The van der Waals surface area contributed by atoms with E-state index in [9.17, 15) is 22.0 Å². The molecule has 0 saturated carbocycles. The summed E-state index contributed by atoms with van der Waals surface area (Å²) in [5, 5.41) is 4.67. The Hall–Kier alpha value is -1.70. The molecule has 108 valence electrons. The monoisotopic (exact) mass is 308 g/mol. The van der Waals surface area contributed by atoms with Gasteiger partial charge in [0.05, 0.1) is 5.01 Å². The zero-order valence-electron chi connectivity index (χ0n) is 10.2. The summed E-state index contributed by atoms with van der Waals surface area (Å²) in [6.45, 7) is 1.71. The molecule has 0 aliphatic heterocycles. The Kier molecular flexibility index (Phi) is 4.22. The third kappa shape index (κ3) is 2.60. The van der Waals surface area contributed by atoms with Gasteiger partial charge in [0.1, 0.15) is 5.69 Å². The summed E-state index contributed by atoms with van der Waals surface area (Å²) in [6.07, 6.45) is 1.56. The number of anilines is 1. The maximum Gasteiger partial charge on any atom is 0.200 e. The molecule has 0 spiro atoms. The molecule has 1 aromatic heterocycles. The van der Waals surface area contributed by atoms with E-state index >= 15 is 0 Å². The SMILES string of the molecule is CC(CNc1c(F)c(F)c(F)c(F)c1F)c1nccs1. The van der Waals surface area contributed by atoms with Crippen molar-refractivity contribution in [1.82, 2.24) is 4.98 Å². The maximum atomic E-state index is 13.4. The van der Waals surface area contributed by atoms with E-state index in [1.807, 2.05) is 0 Å². The van der Waals surface area contributed by atoms with Gasteiger partial charge >= 0.3 is 0 Å². The first-order valence-corrected chi connectivity index (χ1v) is 6.46. The van der Waals surface area contributed by atoms with Crippen molar-refractivity contribution < 1.29 is 22.0 Å². The Balaban J connectivity index is 2.22. The zero-order chi connectivity index (χ0) is 14.9. The Morgan fingerprint density at radius 1 is 1.05 bits per heavy atom. The Bertz CT molecular complexity index is 586. The molecule has 2 aromatic rings. The third-order valence-electron chi connectivity index (χ3n) is 2.67. The van der Waals surface area contributed by atoms with Crippen molar-refractivity contribution in [1.29, 1.82) is 0 Å². The van der Waals surface area contributed by atoms with Crippen molar-refractivity contribution >= 4 is 17.0 Å². The van der Waals surface area contributed by atoms with Crippen LogP contribution in [-0.2, 0) is 0 Å². The van der Waals surface area contributed by atoms with E-state index in [1.165, 1.54) is 11.3 Å². The second kappa shape index (κ2) is 5.74. The molecule has 1 atom stereocenters. The van der Waals surface area contributed by atoms with E-state index in [2.05, 4.69) is 10.3 Å². The number of nitrogens with one attached hydrogen (secondary N) is 1. The topological polar surface area (TPSA) is 24.9 Å². The van der Waals surface area contributed by atoms with Gasteiger partial charge in [0, 0.05) is 24.0 Å². The number of hydrogen-bond donors (Lipinski definition) is 1. The van der Waals surface area contributed by atoms with Gasteiger partial charge in [-0.15, -0.1) is 11.3 Å². The first-order chi connectivity index (χ1) is 9.43. The Labute approximate surface area is 115 Å². The van der Waals surface area contributed by atoms with Gasteiger partial charge in [-0.3, -0.25) is 0 Å². The molecule has 1 aromatic carbocycles. The molecule has 1 unspecified atom stereocenters. The highest BCUT2D eigenvalue weighted by Crippen LogP contribution is 2.28. The average molecular weight is 308 g/mol. The van der Waals surface area contributed by atoms with E-state index in [4.69, 9.17) is 0 Å². The molecule has 20 heavy (non-hydrogen) atoms. The summed E-state index contributed by atoms with van der Waals surface area (Å²) in [5.74, 6) is -10.1. The quantitative estimate of drug-likeness (QED) is 0.523. The van der Waals surface area contributed by atoms with E-state index in [0.717, 1.165) is 0 Å². The molecule has 2 rings (SSSR count). The van der Waals surface area contributed by atoms with Crippen molar-refractivity contribution in [3.63, 3.8) is 0 Å². The lowest BCUT2D eigenvalue weighted by Gasteiger charge is -2.13. The second-order valence-electron chi connectivity index (χ2n) is 4.10. The predicted molar refractivity (Wildman–Crippen MR) is 65.3 cm³/mol. The number of thiazole rings is 1. The van der Waals surface area contributed by atoms with Crippen LogP contribution in [0.4, 0.5) is 27.6 Å². The predicted octanol–water partition coefficient (Wildman–Crippen LogP) is 4.05. The van der Waals surface area contributed by atoms with Crippen LogP contribution in [-0.4, -0.2) is 11.5 Å². The van der Waals surface area contributed by atoms with Crippen molar-refractivity contribution in [2.24, 2.45) is 0 Å². The van der Waals surface area contributed by atoms with Crippen LogP contribution >= 0.6 is 11.3 Å². The van der Waals surface area contributed by atoms with Gasteiger partial charge in [0.25, 0.3) is 0 Å². The van der Waals surface area contributed by atoms with Crippen LogP contribution in [0.3, 0.4) is 0 Å². The summed E-state index contributed by atoms with van der Waals surface area (Å²) in [6, 6.07) is 0. The molecule has 1 N–H and O–H groups in total. The molecule has 1 heterocycles. The van der Waals surface area contributed by atoms with Crippen LogP contribution in [0.15, 0.2) is 11.6 Å². The minimum absolute atomic E-state index is 0.00807. The molecule has 0 aliphatic rings. The van der Waals surface area contributed by atoms with Crippen molar-refractivity contribution in [2.45, 2.75) is 12.8 Å². The average Bonchev–Trinajstić information content (AvgIpc) is 2.97. The smallest absolute Gasteiger partial charge is 0.200 e. The molecule has 0 radical (unpaired) electrons. The lowest BCUT2D eigenvalue weighted by molar-refractivity contribution is 0.381. The summed E-state index contributed by atoms with van der Waals surface area (Å²) in [5.41, 5.74) is -1.02.